The number of halogens is 1. The molecule has 2 N–H and O–H groups in total. The van der Waals surface area contributed by atoms with Crippen LogP contribution in [0.5, 0.6) is 0 Å². The maximum atomic E-state index is 6.00. The number of hydrogen-bond acceptors (Lipinski definition) is 3. The van der Waals surface area contributed by atoms with Crippen LogP contribution < -0.4 is 5.73 Å². The SMILES string of the molecule is Nc1nc2cc(Cl)cnc2n1C1CCCCC1. The molecule has 0 spiro atoms. The number of rotatable bonds is 1. The van der Waals surface area contributed by atoms with E-state index in [0.29, 0.717) is 17.0 Å². The molecule has 0 radical (unpaired) electrons. The zero-order chi connectivity index (χ0) is 11.8. The van der Waals surface area contributed by atoms with Gasteiger partial charge in [-0.2, -0.15) is 0 Å². The molecule has 3 rings (SSSR count). The molecular weight excluding hydrogens is 236 g/mol. The molecule has 0 unspecified atom stereocenters. The van der Waals surface area contributed by atoms with Crippen molar-refractivity contribution in [3.05, 3.63) is 17.3 Å². The minimum absolute atomic E-state index is 0.447. The van der Waals surface area contributed by atoms with Crippen LogP contribution in [-0.2, 0) is 0 Å². The van der Waals surface area contributed by atoms with E-state index in [1.165, 1.54) is 32.1 Å². The molecule has 0 aliphatic heterocycles. The number of nitrogens with zero attached hydrogens (tertiary/aromatic N) is 3. The average molecular weight is 251 g/mol. The highest BCUT2D eigenvalue weighted by Crippen LogP contribution is 2.32. The Kier molecular flexibility index (Phi) is 2.67. The maximum Gasteiger partial charge on any atom is 0.202 e. The van der Waals surface area contributed by atoms with Gasteiger partial charge in [-0.15, -0.1) is 0 Å². The topological polar surface area (TPSA) is 56.7 Å². The molecule has 17 heavy (non-hydrogen) atoms. The van der Waals surface area contributed by atoms with E-state index in [4.69, 9.17) is 17.3 Å². The first-order chi connectivity index (χ1) is 8.25. The number of nitrogens with two attached hydrogens (primary N) is 1. The first-order valence-corrected chi connectivity index (χ1v) is 6.42. The van der Waals surface area contributed by atoms with Gasteiger partial charge in [0, 0.05) is 12.2 Å². The van der Waals surface area contributed by atoms with Crippen molar-refractivity contribution >= 4 is 28.7 Å². The van der Waals surface area contributed by atoms with Gasteiger partial charge in [-0.3, -0.25) is 4.57 Å². The van der Waals surface area contributed by atoms with E-state index in [9.17, 15) is 0 Å². The van der Waals surface area contributed by atoms with E-state index in [0.717, 1.165) is 11.2 Å². The van der Waals surface area contributed by atoms with Gasteiger partial charge < -0.3 is 5.73 Å². The summed E-state index contributed by atoms with van der Waals surface area (Å²) in [5.74, 6) is 0.557. The van der Waals surface area contributed by atoms with Crippen molar-refractivity contribution in [2.24, 2.45) is 0 Å². The molecule has 1 aliphatic rings. The van der Waals surface area contributed by atoms with Crippen molar-refractivity contribution in [3.63, 3.8) is 0 Å². The first kappa shape index (κ1) is 10.8. The zero-order valence-corrected chi connectivity index (χ0v) is 10.3. The lowest BCUT2D eigenvalue weighted by atomic mass is 9.95. The van der Waals surface area contributed by atoms with Gasteiger partial charge in [-0.05, 0) is 18.9 Å². The highest BCUT2D eigenvalue weighted by molar-refractivity contribution is 6.31. The van der Waals surface area contributed by atoms with Gasteiger partial charge in [-0.1, -0.05) is 30.9 Å². The fraction of sp³-hybridized carbons (Fsp3) is 0.500. The van der Waals surface area contributed by atoms with Crippen molar-refractivity contribution in [1.29, 1.82) is 0 Å². The molecule has 0 atom stereocenters. The molecule has 2 aromatic heterocycles. The van der Waals surface area contributed by atoms with E-state index >= 15 is 0 Å². The third-order valence-electron chi connectivity index (χ3n) is 3.46. The molecule has 0 amide bonds. The van der Waals surface area contributed by atoms with Gasteiger partial charge in [0.1, 0.15) is 5.52 Å². The third-order valence-corrected chi connectivity index (χ3v) is 3.67. The van der Waals surface area contributed by atoms with Crippen LogP contribution in [-0.4, -0.2) is 14.5 Å². The monoisotopic (exact) mass is 250 g/mol. The van der Waals surface area contributed by atoms with Gasteiger partial charge in [0.05, 0.1) is 5.02 Å². The lowest BCUT2D eigenvalue weighted by molar-refractivity contribution is 0.362. The summed E-state index contributed by atoms with van der Waals surface area (Å²) >= 11 is 5.91. The van der Waals surface area contributed by atoms with E-state index in [-0.39, 0.29) is 0 Å². The van der Waals surface area contributed by atoms with E-state index in [1.807, 2.05) is 6.07 Å². The highest BCUT2D eigenvalue weighted by Gasteiger charge is 2.20. The summed E-state index contributed by atoms with van der Waals surface area (Å²) in [6.45, 7) is 0. The summed E-state index contributed by atoms with van der Waals surface area (Å²) in [6, 6.07) is 2.27. The predicted octanol–water partition coefficient (Wildman–Crippen LogP) is 3.17. The Morgan fingerprint density at radius 3 is 2.82 bits per heavy atom. The number of anilines is 1. The lowest BCUT2D eigenvalue weighted by Gasteiger charge is -2.23. The van der Waals surface area contributed by atoms with Crippen molar-refractivity contribution in [1.82, 2.24) is 14.5 Å². The second kappa shape index (κ2) is 4.18. The van der Waals surface area contributed by atoms with Crippen molar-refractivity contribution in [3.8, 4) is 0 Å². The number of aromatic nitrogens is 3. The fourth-order valence-corrected chi connectivity index (χ4v) is 2.83. The maximum absolute atomic E-state index is 6.00. The number of hydrogen-bond donors (Lipinski definition) is 1. The molecule has 1 fully saturated rings. The van der Waals surface area contributed by atoms with Crippen molar-refractivity contribution < 1.29 is 0 Å². The first-order valence-electron chi connectivity index (χ1n) is 6.04. The quantitative estimate of drug-likeness (QED) is 0.846. The third kappa shape index (κ3) is 1.86. The van der Waals surface area contributed by atoms with Crippen LogP contribution in [0.2, 0.25) is 5.02 Å². The smallest absolute Gasteiger partial charge is 0.202 e. The Morgan fingerprint density at radius 2 is 2.06 bits per heavy atom. The lowest BCUT2D eigenvalue weighted by Crippen LogP contribution is -2.15. The molecule has 2 heterocycles. The Labute approximate surface area is 105 Å². The van der Waals surface area contributed by atoms with Gasteiger partial charge in [0.2, 0.25) is 5.95 Å². The summed E-state index contributed by atoms with van der Waals surface area (Å²) < 4.78 is 2.07. The Hall–Kier alpha value is -1.29. The Bertz CT molecular complexity index is 543. The standard InChI is InChI=1S/C12H15ClN4/c13-8-6-10-11(15-7-8)17(12(14)16-10)9-4-2-1-3-5-9/h6-7,9H,1-5H2,(H2,14,16). The second-order valence-electron chi connectivity index (χ2n) is 4.63. The van der Waals surface area contributed by atoms with Crippen molar-refractivity contribution in [2.75, 3.05) is 5.73 Å². The largest absolute Gasteiger partial charge is 0.369 e. The Balaban J connectivity index is 2.11. The van der Waals surface area contributed by atoms with E-state index in [2.05, 4.69) is 14.5 Å². The minimum Gasteiger partial charge on any atom is -0.369 e. The molecule has 90 valence electrons. The van der Waals surface area contributed by atoms with Crippen LogP contribution in [0.15, 0.2) is 12.3 Å². The van der Waals surface area contributed by atoms with Crippen LogP contribution in [0, 0.1) is 0 Å². The summed E-state index contributed by atoms with van der Waals surface area (Å²) in [5, 5.41) is 0.603. The summed E-state index contributed by atoms with van der Waals surface area (Å²) in [7, 11) is 0. The number of pyridine rings is 1. The van der Waals surface area contributed by atoms with Crippen LogP contribution in [0.1, 0.15) is 38.1 Å². The second-order valence-corrected chi connectivity index (χ2v) is 5.06. The molecule has 0 aromatic carbocycles. The molecule has 1 saturated carbocycles. The molecule has 1 aliphatic carbocycles. The van der Waals surface area contributed by atoms with Gasteiger partial charge in [0.15, 0.2) is 5.65 Å². The van der Waals surface area contributed by atoms with Crippen molar-refractivity contribution in [2.45, 2.75) is 38.1 Å². The molecule has 4 nitrogen and oxygen atoms in total. The number of imidazole rings is 1. The summed E-state index contributed by atoms with van der Waals surface area (Å²) in [4.78, 5) is 8.71. The predicted molar refractivity (Wildman–Crippen MR) is 69.1 cm³/mol. The van der Waals surface area contributed by atoms with Crippen LogP contribution in [0.25, 0.3) is 11.2 Å². The molecule has 0 bridgehead atoms. The molecule has 2 aromatic rings. The van der Waals surface area contributed by atoms with Gasteiger partial charge in [-0.25, -0.2) is 9.97 Å². The van der Waals surface area contributed by atoms with Crippen LogP contribution >= 0.6 is 11.6 Å². The van der Waals surface area contributed by atoms with Crippen LogP contribution in [0.3, 0.4) is 0 Å². The van der Waals surface area contributed by atoms with E-state index in [1.54, 1.807) is 6.20 Å². The Morgan fingerprint density at radius 1 is 1.29 bits per heavy atom. The molecular formula is C12H15ClN4. The fourth-order valence-electron chi connectivity index (χ4n) is 2.67. The normalized spacial score (nSPS) is 17.7. The summed E-state index contributed by atoms with van der Waals surface area (Å²) in [5.41, 5.74) is 7.66. The highest BCUT2D eigenvalue weighted by atomic mass is 35.5. The zero-order valence-electron chi connectivity index (χ0n) is 9.56. The molecule has 5 heteroatoms. The molecule has 0 saturated heterocycles. The van der Waals surface area contributed by atoms with Gasteiger partial charge in [0.25, 0.3) is 0 Å². The minimum atomic E-state index is 0.447. The van der Waals surface area contributed by atoms with Crippen LogP contribution in [0.4, 0.5) is 5.95 Å². The number of nitrogen functional groups attached to an aromatic ring is 1. The average Bonchev–Trinajstić information content (AvgIpc) is 2.65. The van der Waals surface area contributed by atoms with E-state index < -0.39 is 0 Å². The van der Waals surface area contributed by atoms with Gasteiger partial charge >= 0.3 is 0 Å². The summed E-state index contributed by atoms with van der Waals surface area (Å²) in [6.07, 6.45) is 7.83. The number of fused-ring (bicyclic) bond motifs is 1.